The molecule has 0 aliphatic heterocycles. The predicted molar refractivity (Wildman–Crippen MR) is 115 cm³/mol. The number of nitrogens with zero attached hydrogens (tertiary/aromatic N) is 2. The van der Waals surface area contributed by atoms with Crippen molar-refractivity contribution in [2.75, 3.05) is 6.26 Å². The van der Waals surface area contributed by atoms with Crippen molar-refractivity contribution in [1.29, 1.82) is 0 Å². The quantitative estimate of drug-likeness (QED) is 0.385. The summed E-state index contributed by atoms with van der Waals surface area (Å²) in [6.07, 6.45) is 2.91. The molecule has 0 radical (unpaired) electrons. The van der Waals surface area contributed by atoms with Crippen LogP contribution >= 0.6 is 34.5 Å². The summed E-state index contributed by atoms with van der Waals surface area (Å²) in [4.78, 5) is 2.24. The summed E-state index contributed by atoms with van der Waals surface area (Å²) in [6, 6.07) is 18.0. The van der Waals surface area contributed by atoms with Crippen LogP contribution in [0.25, 0.3) is 26.7 Å². The van der Waals surface area contributed by atoms with Crippen LogP contribution in [-0.4, -0.2) is 24.5 Å². The number of rotatable bonds is 4. The Balaban J connectivity index is 1.76. The Bertz CT molecular complexity index is 1280. The van der Waals surface area contributed by atoms with Gasteiger partial charge in [0.25, 0.3) is 0 Å². The summed E-state index contributed by atoms with van der Waals surface area (Å²) in [5, 5.41) is 5.52. The van der Waals surface area contributed by atoms with E-state index in [9.17, 15) is 8.42 Å². The minimum Gasteiger partial charge on any atom is -0.231 e. The molecule has 28 heavy (non-hydrogen) atoms. The molecule has 2 aromatic carbocycles. The average Bonchev–Trinajstić information content (AvgIpc) is 3.32. The van der Waals surface area contributed by atoms with Crippen LogP contribution in [-0.2, 0) is 9.84 Å². The third-order valence-corrected chi connectivity index (χ3v) is 7.01. The first-order valence-corrected chi connectivity index (χ1v) is 11.7. The van der Waals surface area contributed by atoms with Crippen molar-refractivity contribution < 1.29 is 8.42 Å². The Labute approximate surface area is 176 Å². The van der Waals surface area contributed by atoms with Gasteiger partial charge in [-0.2, -0.15) is 5.10 Å². The minimum atomic E-state index is -3.26. The van der Waals surface area contributed by atoms with Gasteiger partial charge in [0.2, 0.25) is 0 Å². The standard InChI is InChI=1S/C20H14Cl2N2O2S2/c1-28(25,26)15-4-2-3-13(11-15)19-7-8-20(27-19)17-9-10-23-24(17)18-12-14(21)5-6-16(18)22/h2-12H,1H3. The van der Waals surface area contributed by atoms with Crippen LogP contribution in [0.2, 0.25) is 10.0 Å². The normalized spacial score (nSPS) is 11.7. The van der Waals surface area contributed by atoms with Gasteiger partial charge in [-0.25, -0.2) is 13.1 Å². The van der Waals surface area contributed by atoms with Gasteiger partial charge in [-0.3, -0.25) is 0 Å². The van der Waals surface area contributed by atoms with Gasteiger partial charge in [0, 0.05) is 16.2 Å². The molecule has 0 aliphatic carbocycles. The van der Waals surface area contributed by atoms with Gasteiger partial charge in [0.05, 0.1) is 32.4 Å². The van der Waals surface area contributed by atoms with Crippen LogP contribution in [0, 0.1) is 0 Å². The summed E-state index contributed by atoms with van der Waals surface area (Å²) >= 11 is 14.0. The Hall–Kier alpha value is -2.12. The van der Waals surface area contributed by atoms with Crippen LogP contribution in [0.15, 0.2) is 71.8 Å². The van der Waals surface area contributed by atoms with Crippen LogP contribution < -0.4 is 0 Å². The SMILES string of the molecule is CS(=O)(=O)c1cccc(-c2ccc(-c3ccnn3-c3cc(Cl)ccc3Cl)s2)c1. The fourth-order valence-electron chi connectivity index (χ4n) is 2.84. The van der Waals surface area contributed by atoms with Gasteiger partial charge >= 0.3 is 0 Å². The zero-order valence-corrected chi connectivity index (χ0v) is 17.8. The highest BCUT2D eigenvalue weighted by atomic mass is 35.5. The van der Waals surface area contributed by atoms with E-state index in [4.69, 9.17) is 23.2 Å². The van der Waals surface area contributed by atoms with Gasteiger partial charge in [0.15, 0.2) is 9.84 Å². The van der Waals surface area contributed by atoms with E-state index >= 15 is 0 Å². The van der Waals surface area contributed by atoms with Crippen molar-refractivity contribution in [1.82, 2.24) is 9.78 Å². The number of sulfone groups is 1. The van der Waals surface area contributed by atoms with Crippen molar-refractivity contribution in [3.63, 3.8) is 0 Å². The molecular weight excluding hydrogens is 435 g/mol. The van der Waals surface area contributed by atoms with E-state index in [0.29, 0.717) is 20.6 Å². The molecule has 0 saturated heterocycles. The number of benzene rings is 2. The lowest BCUT2D eigenvalue weighted by Crippen LogP contribution is -1.99. The molecule has 8 heteroatoms. The van der Waals surface area contributed by atoms with Crippen LogP contribution in [0.1, 0.15) is 0 Å². The molecule has 0 saturated carbocycles. The second-order valence-corrected chi connectivity index (χ2v) is 10.1. The Morgan fingerprint density at radius 2 is 1.75 bits per heavy atom. The molecule has 4 rings (SSSR count). The lowest BCUT2D eigenvalue weighted by molar-refractivity contribution is 0.602. The lowest BCUT2D eigenvalue weighted by atomic mass is 10.2. The van der Waals surface area contributed by atoms with E-state index in [1.54, 1.807) is 58.6 Å². The summed E-state index contributed by atoms with van der Waals surface area (Å²) in [5.74, 6) is 0. The van der Waals surface area contributed by atoms with Gasteiger partial charge in [-0.05, 0) is 54.1 Å². The van der Waals surface area contributed by atoms with E-state index in [1.807, 2.05) is 24.3 Å². The van der Waals surface area contributed by atoms with Crippen molar-refractivity contribution in [2.45, 2.75) is 4.90 Å². The van der Waals surface area contributed by atoms with Crippen molar-refractivity contribution in [3.8, 4) is 26.7 Å². The number of hydrogen-bond donors (Lipinski definition) is 0. The highest BCUT2D eigenvalue weighted by Gasteiger charge is 2.14. The van der Waals surface area contributed by atoms with Crippen LogP contribution in [0.4, 0.5) is 0 Å². The fraction of sp³-hybridized carbons (Fsp3) is 0.0500. The largest absolute Gasteiger partial charge is 0.231 e. The molecule has 0 fully saturated rings. The third kappa shape index (κ3) is 3.73. The molecule has 2 aromatic heterocycles. The highest BCUT2D eigenvalue weighted by molar-refractivity contribution is 7.90. The van der Waals surface area contributed by atoms with Gasteiger partial charge in [0.1, 0.15) is 0 Å². The number of halogens is 2. The van der Waals surface area contributed by atoms with E-state index in [2.05, 4.69) is 5.10 Å². The van der Waals surface area contributed by atoms with Crippen molar-refractivity contribution in [2.24, 2.45) is 0 Å². The third-order valence-electron chi connectivity index (χ3n) is 4.18. The minimum absolute atomic E-state index is 0.302. The summed E-state index contributed by atoms with van der Waals surface area (Å²) in [6.45, 7) is 0. The molecule has 0 atom stereocenters. The summed E-state index contributed by atoms with van der Waals surface area (Å²) in [7, 11) is -3.26. The second-order valence-electron chi connectivity index (χ2n) is 6.19. The Kier molecular flexibility index (Phi) is 5.05. The maximum absolute atomic E-state index is 11.8. The smallest absolute Gasteiger partial charge is 0.175 e. The van der Waals surface area contributed by atoms with Crippen molar-refractivity contribution >= 4 is 44.4 Å². The maximum Gasteiger partial charge on any atom is 0.175 e. The number of thiophene rings is 1. The number of aromatic nitrogens is 2. The highest BCUT2D eigenvalue weighted by Crippen LogP contribution is 2.37. The van der Waals surface area contributed by atoms with E-state index in [-0.39, 0.29) is 0 Å². The molecule has 0 spiro atoms. The second kappa shape index (κ2) is 7.37. The van der Waals surface area contributed by atoms with E-state index < -0.39 is 9.84 Å². The molecule has 4 aromatic rings. The van der Waals surface area contributed by atoms with E-state index in [0.717, 1.165) is 21.0 Å². The molecule has 0 unspecified atom stereocenters. The molecule has 0 bridgehead atoms. The maximum atomic E-state index is 11.8. The molecule has 0 aliphatic rings. The summed E-state index contributed by atoms with van der Waals surface area (Å²) in [5.41, 5.74) is 2.42. The molecule has 142 valence electrons. The molecule has 4 nitrogen and oxygen atoms in total. The molecule has 0 amide bonds. The van der Waals surface area contributed by atoms with Gasteiger partial charge < -0.3 is 0 Å². The Morgan fingerprint density at radius 1 is 0.964 bits per heavy atom. The van der Waals surface area contributed by atoms with Crippen LogP contribution in [0.5, 0.6) is 0 Å². The van der Waals surface area contributed by atoms with Gasteiger partial charge in [-0.1, -0.05) is 35.3 Å². The fourth-order valence-corrected chi connectivity index (χ4v) is 4.88. The van der Waals surface area contributed by atoms with Gasteiger partial charge in [-0.15, -0.1) is 11.3 Å². The van der Waals surface area contributed by atoms with Crippen molar-refractivity contribution in [3.05, 3.63) is 76.9 Å². The number of hydrogen-bond acceptors (Lipinski definition) is 4. The summed E-state index contributed by atoms with van der Waals surface area (Å²) < 4.78 is 25.4. The first kappa shape index (κ1) is 19.2. The zero-order valence-electron chi connectivity index (χ0n) is 14.6. The Morgan fingerprint density at radius 3 is 2.54 bits per heavy atom. The monoisotopic (exact) mass is 448 g/mol. The van der Waals surface area contributed by atoms with E-state index in [1.165, 1.54) is 6.26 Å². The molecule has 2 heterocycles. The molecule has 0 N–H and O–H groups in total. The average molecular weight is 449 g/mol. The molecular formula is C20H14Cl2N2O2S2. The zero-order chi connectivity index (χ0) is 19.9. The lowest BCUT2D eigenvalue weighted by Gasteiger charge is -2.08. The predicted octanol–water partition coefficient (Wildman–Crippen LogP) is 5.98. The first-order valence-electron chi connectivity index (χ1n) is 8.23. The van der Waals surface area contributed by atoms with Crippen LogP contribution in [0.3, 0.4) is 0 Å². The first-order chi connectivity index (χ1) is 13.3. The topological polar surface area (TPSA) is 52.0 Å².